The summed E-state index contributed by atoms with van der Waals surface area (Å²) in [6.45, 7) is 9.89. The van der Waals surface area contributed by atoms with E-state index in [9.17, 15) is 29.1 Å². The molecule has 4 aliphatic rings. The lowest BCUT2D eigenvalue weighted by molar-refractivity contribution is -0.136. The number of allylic oxidation sites excluding steroid dienone is 1. The molecule has 0 bridgehead atoms. The van der Waals surface area contributed by atoms with E-state index in [1.165, 1.54) is 16.4 Å². The molecule has 16 heteroatoms. The van der Waals surface area contributed by atoms with Gasteiger partial charge in [-0.25, -0.2) is 19.3 Å². The van der Waals surface area contributed by atoms with Gasteiger partial charge in [-0.15, -0.1) is 6.58 Å². The summed E-state index contributed by atoms with van der Waals surface area (Å²) in [5, 5.41) is 17.1. The third-order valence-corrected chi connectivity index (χ3v) is 12.3. The van der Waals surface area contributed by atoms with E-state index in [-0.39, 0.29) is 24.9 Å². The Morgan fingerprint density at radius 2 is 1.77 bits per heavy atom. The van der Waals surface area contributed by atoms with E-state index in [1.807, 2.05) is 37.3 Å². The highest BCUT2D eigenvalue weighted by Gasteiger charge is 2.46. The number of anilines is 3. The van der Waals surface area contributed by atoms with Crippen LogP contribution in [0.2, 0.25) is 0 Å². The summed E-state index contributed by atoms with van der Waals surface area (Å²) >= 11 is 0. The lowest BCUT2D eigenvalue weighted by Gasteiger charge is -2.36. The number of piperazine rings is 1. The van der Waals surface area contributed by atoms with E-state index < -0.39 is 35.3 Å². The van der Waals surface area contributed by atoms with E-state index in [4.69, 9.17) is 9.97 Å². The van der Waals surface area contributed by atoms with Gasteiger partial charge in [0, 0.05) is 44.5 Å². The summed E-state index contributed by atoms with van der Waals surface area (Å²) in [5.74, 6) is -1.19. The number of imide groups is 2. The second kappa shape index (κ2) is 15.6. The maximum atomic E-state index is 13.6. The topological polar surface area (TPSA) is 188 Å². The number of aryl methyl sites for hydroxylation is 2. The number of carbonyl (C=O) groups is 4. The Balaban J connectivity index is 0.817. The molecule has 0 saturated carbocycles. The van der Waals surface area contributed by atoms with Crippen molar-refractivity contribution >= 4 is 52.0 Å². The number of amides is 4. The van der Waals surface area contributed by atoms with Crippen LogP contribution < -0.4 is 21.1 Å². The summed E-state index contributed by atoms with van der Waals surface area (Å²) in [7, 11) is 0. The van der Waals surface area contributed by atoms with Crippen LogP contribution >= 0.6 is 0 Å². The highest BCUT2D eigenvalue weighted by Crippen LogP contribution is 2.39. The number of nitrogens with one attached hydrogen (secondary N) is 2. The number of hydrogen-bond acceptors (Lipinski definition) is 12. The zero-order valence-corrected chi connectivity index (χ0v) is 33.4. The van der Waals surface area contributed by atoms with Gasteiger partial charge in [0.05, 0.1) is 29.1 Å². The summed E-state index contributed by atoms with van der Waals surface area (Å²) in [5.41, 5.74) is 4.07. The smallest absolute Gasteiger partial charge is 0.278 e. The van der Waals surface area contributed by atoms with Gasteiger partial charge in [0.15, 0.2) is 11.5 Å². The first kappa shape index (κ1) is 39.0. The number of aliphatic hydroxyl groups is 1. The number of carbonyl (C=O) groups excluding carboxylic acids is 4. The van der Waals surface area contributed by atoms with Crippen molar-refractivity contribution < 1.29 is 24.3 Å². The van der Waals surface area contributed by atoms with Crippen molar-refractivity contribution in [3.05, 3.63) is 112 Å². The lowest BCUT2D eigenvalue weighted by atomic mass is 9.98. The first-order valence-corrected chi connectivity index (χ1v) is 20.6. The molecule has 3 aliphatic heterocycles. The average molecular weight is 811 g/mol. The number of benzene rings is 2. The summed E-state index contributed by atoms with van der Waals surface area (Å²) in [6, 6.07) is 16.2. The van der Waals surface area contributed by atoms with Gasteiger partial charge in [0.2, 0.25) is 17.8 Å². The summed E-state index contributed by atoms with van der Waals surface area (Å²) < 4.78 is 3.21. The molecule has 9 rings (SSSR count). The van der Waals surface area contributed by atoms with Gasteiger partial charge in [0.25, 0.3) is 17.4 Å². The van der Waals surface area contributed by atoms with Crippen molar-refractivity contribution in [1.29, 1.82) is 0 Å². The minimum Gasteiger partial charge on any atom is -0.384 e. The molecule has 308 valence electrons. The Morgan fingerprint density at radius 3 is 2.52 bits per heavy atom. The first-order valence-electron chi connectivity index (χ1n) is 20.6. The van der Waals surface area contributed by atoms with E-state index in [0.29, 0.717) is 71.2 Å². The number of pyridine rings is 1. The molecule has 1 unspecified atom stereocenters. The molecule has 3 aromatic heterocycles. The molecule has 2 atom stereocenters. The fourth-order valence-electron chi connectivity index (χ4n) is 8.98. The minimum absolute atomic E-state index is 0.0789. The highest BCUT2D eigenvalue weighted by molar-refractivity contribution is 6.25. The van der Waals surface area contributed by atoms with E-state index in [1.54, 1.807) is 22.9 Å². The van der Waals surface area contributed by atoms with Gasteiger partial charge >= 0.3 is 0 Å². The molecular weight excluding hydrogens is 765 g/mol. The lowest BCUT2D eigenvalue weighted by Crippen LogP contribution is -2.54. The molecule has 2 saturated heterocycles. The molecular formula is C44H46N10O6. The Bertz CT molecular complexity index is 2630. The zero-order chi connectivity index (χ0) is 41.7. The molecule has 4 amide bonds. The number of aromatic nitrogens is 5. The van der Waals surface area contributed by atoms with Crippen LogP contribution in [-0.2, 0) is 34.6 Å². The predicted molar refractivity (Wildman–Crippen MR) is 223 cm³/mol. The molecule has 16 nitrogen and oxygen atoms in total. The molecule has 1 aliphatic carbocycles. The number of piperidine rings is 1. The van der Waals surface area contributed by atoms with Crippen LogP contribution in [0, 0.1) is 0 Å². The maximum absolute atomic E-state index is 13.6. The molecule has 2 fully saturated rings. The van der Waals surface area contributed by atoms with Crippen LogP contribution in [0.4, 0.5) is 17.3 Å². The van der Waals surface area contributed by atoms with E-state index in [0.717, 1.165) is 55.0 Å². The van der Waals surface area contributed by atoms with Crippen LogP contribution in [0.25, 0.3) is 16.9 Å². The fourth-order valence-corrected chi connectivity index (χ4v) is 8.98. The van der Waals surface area contributed by atoms with Crippen molar-refractivity contribution in [2.75, 3.05) is 42.9 Å². The second-order valence-electron chi connectivity index (χ2n) is 15.9. The van der Waals surface area contributed by atoms with Crippen molar-refractivity contribution in [3.8, 4) is 5.82 Å². The Hall–Kier alpha value is -6.52. The standard InChI is InChI=1S/C44H46N10O6/c1-3-20-52-40(57)31-26-45-43(49-38(31)54(52)34-16-12-28-18-19-44(60,4-2)37(28)47-34)46-29-13-10-27(11-14-29)7-6-21-50-22-24-51(25-23-50)32-9-5-8-30-36(32)42(59)53(41(30)58)33-15-17-35(55)48-39(33)56/h3,5,8-14,16,26,33,60H,1,4,6-7,15,17-25H2,2H3,(H,45,46,49)(H,48,55,56)/t33?,44-/m1/s1. The molecule has 0 spiro atoms. The predicted octanol–water partition coefficient (Wildman–Crippen LogP) is 3.61. The van der Waals surface area contributed by atoms with Crippen molar-refractivity contribution in [3.63, 3.8) is 0 Å². The van der Waals surface area contributed by atoms with Crippen LogP contribution in [0.5, 0.6) is 0 Å². The van der Waals surface area contributed by atoms with Crippen molar-refractivity contribution in [2.45, 2.75) is 70.1 Å². The monoisotopic (exact) mass is 810 g/mol. The van der Waals surface area contributed by atoms with Crippen molar-refractivity contribution in [2.24, 2.45) is 0 Å². The van der Waals surface area contributed by atoms with Crippen LogP contribution in [-0.4, -0.2) is 102 Å². The van der Waals surface area contributed by atoms with E-state index in [2.05, 4.69) is 44.1 Å². The normalized spacial score (nSPS) is 20.5. The Kier molecular flexibility index (Phi) is 10.1. The van der Waals surface area contributed by atoms with Gasteiger partial charge in [-0.1, -0.05) is 37.3 Å². The fraction of sp³-hybridized carbons (Fsp3) is 0.364. The molecule has 60 heavy (non-hydrogen) atoms. The third-order valence-electron chi connectivity index (χ3n) is 12.3. The molecule has 5 aromatic rings. The van der Waals surface area contributed by atoms with Crippen LogP contribution in [0.1, 0.15) is 76.6 Å². The minimum atomic E-state index is -1.01. The highest BCUT2D eigenvalue weighted by atomic mass is 16.3. The number of fused-ring (bicyclic) bond motifs is 3. The quantitative estimate of drug-likeness (QED) is 0.123. The van der Waals surface area contributed by atoms with Gasteiger partial charge in [-0.3, -0.25) is 39.1 Å². The average Bonchev–Trinajstić information content (AvgIpc) is 3.83. The van der Waals surface area contributed by atoms with Crippen molar-refractivity contribution in [1.82, 2.24) is 39.4 Å². The third kappa shape index (κ3) is 6.84. The number of rotatable bonds is 12. The molecule has 2 aromatic carbocycles. The van der Waals surface area contributed by atoms with Crippen LogP contribution in [0.15, 0.2) is 78.2 Å². The van der Waals surface area contributed by atoms with Gasteiger partial charge in [-0.2, -0.15) is 4.98 Å². The van der Waals surface area contributed by atoms with Gasteiger partial charge in [0.1, 0.15) is 17.0 Å². The van der Waals surface area contributed by atoms with E-state index >= 15 is 0 Å². The molecule has 6 heterocycles. The van der Waals surface area contributed by atoms with Gasteiger partial charge < -0.3 is 15.3 Å². The second-order valence-corrected chi connectivity index (χ2v) is 15.9. The number of nitrogens with zero attached hydrogens (tertiary/aromatic N) is 8. The first-order chi connectivity index (χ1) is 29.1. The molecule has 0 radical (unpaired) electrons. The molecule has 3 N–H and O–H groups in total. The SMILES string of the molecule is C=CCn1c(=O)c2cnc(Nc3ccc(CCCN4CCN(c5cccc6c5C(=O)N(C5CCC(=O)NC5=O)C6=O)CC4)cc3)nc2n1-c1ccc2c(n1)[C@@](O)(CC)CC2. The largest absolute Gasteiger partial charge is 0.384 e. The number of hydrogen-bond donors (Lipinski definition) is 3. The summed E-state index contributed by atoms with van der Waals surface area (Å²) in [6.07, 6.45) is 7.10. The maximum Gasteiger partial charge on any atom is 0.278 e. The van der Waals surface area contributed by atoms with Gasteiger partial charge in [-0.05, 0) is 86.5 Å². The Morgan fingerprint density at radius 1 is 0.967 bits per heavy atom. The zero-order valence-electron chi connectivity index (χ0n) is 33.4. The van der Waals surface area contributed by atoms with Crippen LogP contribution in [0.3, 0.4) is 0 Å². The summed E-state index contributed by atoms with van der Waals surface area (Å²) in [4.78, 5) is 84.3. The Labute approximate surface area is 345 Å².